The van der Waals surface area contributed by atoms with Crippen LogP contribution in [0.1, 0.15) is 53.8 Å². The van der Waals surface area contributed by atoms with E-state index in [9.17, 15) is 9.90 Å². The standard InChI is InChI=1S/C26H31N3O4/c1-5-7-16-22-27-25(26(32-3,33-4)17-6-2)28-29(22)18-20-14-11-15-21(23(20)24(30)31)19-12-9-8-10-13-19/h5,8-15H,1,6-7,16-18H2,2-4H3,(H,30,31). The van der Waals surface area contributed by atoms with Crippen LogP contribution in [0, 0.1) is 0 Å². The van der Waals surface area contributed by atoms with Crippen molar-refractivity contribution < 1.29 is 19.4 Å². The van der Waals surface area contributed by atoms with Gasteiger partial charge >= 0.3 is 5.97 Å². The molecule has 0 spiro atoms. The molecule has 0 atom stereocenters. The molecule has 174 valence electrons. The van der Waals surface area contributed by atoms with Crippen molar-refractivity contribution >= 4 is 5.97 Å². The van der Waals surface area contributed by atoms with E-state index in [1.807, 2.05) is 61.5 Å². The smallest absolute Gasteiger partial charge is 0.336 e. The molecular formula is C26H31N3O4. The molecule has 1 heterocycles. The monoisotopic (exact) mass is 449 g/mol. The van der Waals surface area contributed by atoms with E-state index in [-0.39, 0.29) is 12.1 Å². The second-order valence-corrected chi connectivity index (χ2v) is 7.76. The SMILES string of the molecule is C=CCCc1nc(C(CCC)(OC)OC)nn1Cc1cccc(-c2ccccc2)c1C(=O)O. The fourth-order valence-corrected chi connectivity index (χ4v) is 3.99. The molecule has 0 saturated carbocycles. The third kappa shape index (κ3) is 5.21. The quantitative estimate of drug-likeness (QED) is 0.307. The third-order valence-corrected chi connectivity index (χ3v) is 5.67. The van der Waals surface area contributed by atoms with Crippen molar-refractivity contribution in [2.24, 2.45) is 0 Å². The summed E-state index contributed by atoms with van der Waals surface area (Å²) in [6.45, 7) is 6.10. The average Bonchev–Trinajstić information content (AvgIpc) is 3.24. The van der Waals surface area contributed by atoms with Gasteiger partial charge in [0.1, 0.15) is 5.82 Å². The Balaban J connectivity index is 2.10. The van der Waals surface area contributed by atoms with Crippen molar-refractivity contribution in [3.8, 4) is 11.1 Å². The molecule has 1 aromatic heterocycles. The number of ether oxygens (including phenoxy) is 2. The van der Waals surface area contributed by atoms with Crippen LogP contribution in [0.2, 0.25) is 0 Å². The molecule has 1 N–H and O–H groups in total. The maximum atomic E-state index is 12.3. The second-order valence-electron chi connectivity index (χ2n) is 7.76. The summed E-state index contributed by atoms with van der Waals surface area (Å²) in [5.74, 6) is -0.873. The van der Waals surface area contributed by atoms with Crippen LogP contribution < -0.4 is 0 Å². The number of carboxylic acid groups (broad SMARTS) is 1. The minimum atomic E-state index is -1.05. The van der Waals surface area contributed by atoms with E-state index in [0.29, 0.717) is 36.2 Å². The highest BCUT2D eigenvalue weighted by Gasteiger charge is 2.36. The normalized spacial score (nSPS) is 11.5. The molecule has 2 aromatic carbocycles. The molecule has 0 bridgehead atoms. The van der Waals surface area contributed by atoms with Crippen molar-refractivity contribution in [3.63, 3.8) is 0 Å². The second kappa shape index (κ2) is 11.0. The number of aryl methyl sites for hydroxylation is 1. The summed E-state index contributed by atoms with van der Waals surface area (Å²) in [7, 11) is 3.16. The fraction of sp³-hybridized carbons (Fsp3) is 0.346. The summed E-state index contributed by atoms with van der Waals surface area (Å²) in [4.78, 5) is 17.0. The van der Waals surface area contributed by atoms with Crippen molar-refractivity contribution in [2.45, 2.75) is 44.9 Å². The lowest BCUT2D eigenvalue weighted by molar-refractivity contribution is -0.225. The Morgan fingerprint density at radius 2 is 1.88 bits per heavy atom. The fourth-order valence-electron chi connectivity index (χ4n) is 3.99. The van der Waals surface area contributed by atoms with Crippen LogP contribution in [0.5, 0.6) is 0 Å². The van der Waals surface area contributed by atoms with Gasteiger partial charge in [0.05, 0.1) is 12.1 Å². The lowest BCUT2D eigenvalue weighted by atomic mass is 9.95. The van der Waals surface area contributed by atoms with Gasteiger partial charge in [0.25, 0.3) is 0 Å². The van der Waals surface area contributed by atoms with E-state index >= 15 is 0 Å². The maximum absolute atomic E-state index is 12.3. The van der Waals surface area contributed by atoms with Crippen LogP contribution in [0.15, 0.2) is 61.2 Å². The lowest BCUT2D eigenvalue weighted by Gasteiger charge is -2.27. The Labute approximate surface area is 194 Å². The molecule has 7 heteroatoms. The molecule has 0 aliphatic heterocycles. The first-order valence-corrected chi connectivity index (χ1v) is 11.1. The Morgan fingerprint density at radius 1 is 1.15 bits per heavy atom. The number of carbonyl (C=O) groups is 1. The molecule has 0 radical (unpaired) electrons. The highest BCUT2D eigenvalue weighted by atomic mass is 16.7. The number of rotatable bonds is 12. The van der Waals surface area contributed by atoms with Crippen molar-refractivity contribution in [3.05, 3.63) is 84.0 Å². The van der Waals surface area contributed by atoms with E-state index in [1.165, 1.54) is 0 Å². The van der Waals surface area contributed by atoms with Crippen LogP contribution in [0.3, 0.4) is 0 Å². The summed E-state index contributed by atoms with van der Waals surface area (Å²) < 4.78 is 13.1. The Morgan fingerprint density at radius 3 is 2.48 bits per heavy atom. The molecule has 33 heavy (non-hydrogen) atoms. The summed E-state index contributed by atoms with van der Waals surface area (Å²) in [6, 6.07) is 15.0. The van der Waals surface area contributed by atoms with Gasteiger partial charge < -0.3 is 14.6 Å². The minimum Gasteiger partial charge on any atom is -0.478 e. The van der Waals surface area contributed by atoms with Crippen molar-refractivity contribution in [1.29, 1.82) is 0 Å². The zero-order chi connectivity index (χ0) is 23.8. The molecule has 3 aromatic rings. The van der Waals surface area contributed by atoms with Crippen LogP contribution in [0.4, 0.5) is 0 Å². The van der Waals surface area contributed by atoms with Crippen LogP contribution >= 0.6 is 0 Å². The first-order chi connectivity index (χ1) is 16.0. The average molecular weight is 450 g/mol. The molecule has 0 aliphatic carbocycles. The highest BCUT2D eigenvalue weighted by molar-refractivity contribution is 5.97. The van der Waals surface area contributed by atoms with E-state index in [0.717, 1.165) is 17.8 Å². The van der Waals surface area contributed by atoms with Gasteiger partial charge in [-0.15, -0.1) is 11.7 Å². The number of allylic oxidation sites excluding steroid dienone is 1. The van der Waals surface area contributed by atoms with Gasteiger partial charge in [-0.05, 0) is 23.1 Å². The molecule has 0 amide bonds. The number of aromatic carboxylic acids is 1. The largest absolute Gasteiger partial charge is 0.478 e. The number of methoxy groups -OCH3 is 2. The van der Waals surface area contributed by atoms with Gasteiger partial charge in [0.15, 0.2) is 0 Å². The molecule has 3 rings (SSSR count). The summed E-state index contributed by atoms with van der Waals surface area (Å²) in [6.07, 6.45) is 4.57. The van der Waals surface area contributed by atoms with E-state index in [2.05, 4.69) is 6.58 Å². The van der Waals surface area contributed by atoms with E-state index in [4.69, 9.17) is 19.6 Å². The minimum absolute atomic E-state index is 0.258. The van der Waals surface area contributed by atoms with Crippen molar-refractivity contribution in [2.75, 3.05) is 14.2 Å². The van der Waals surface area contributed by atoms with Crippen LogP contribution in [-0.4, -0.2) is 40.1 Å². The molecule has 0 fully saturated rings. The predicted octanol–water partition coefficient (Wildman–Crippen LogP) is 5.06. The maximum Gasteiger partial charge on any atom is 0.336 e. The van der Waals surface area contributed by atoms with Gasteiger partial charge in [-0.25, -0.2) is 14.5 Å². The highest BCUT2D eigenvalue weighted by Crippen LogP contribution is 2.30. The molecule has 0 unspecified atom stereocenters. The van der Waals surface area contributed by atoms with Crippen LogP contribution in [-0.2, 0) is 28.2 Å². The van der Waals surface area contributed by atoms with Gasteiger partial charge in [0.2, 0.25) is 11.6 Å². The first kappa shape index (κ1) is 24.4. The molecule has 0 aliphatic rings. The van der Waals surface area contributed by atoms with Gasteiger partial charge in [-0.2, -0.15) is 0 Å². The Bertz CT molecular complexity index is 1090. The number of hydrogen-bond donors (Lipinski definition) is 1. The van der Waals surface area contributed by atoms with E-state index < -0.39 is 11.8 Å². The molecular weight excluding hydrogens is 418 g/mol. The number of benzene rings is 2. The summed E-state index contributed by atoms with van der Waals surface area (Å²) in [5.41, 5.74) is 2.43. The Hall–Kier alpha value is -3.29. The van der Waals surface area contributed by atoms with Gasteiger partial charge in [0, 0.05) is 27.1 Å². The number of carboxylic acids is 1. The van der Waals surface area contributed by atoms with Crippen molar-refractivity contribution in [1.82, 2.24) is 14.8 Å². The van der Waals surface area contributed by atoms with E-state index in [1.54, 1.807) is 18.9 Å². The third-order valence-electron chi connectivity index (χ3n) is 5.67. The first-order valence-electron chi connectivity index (χ1n) is 11.1. The topological polar surface area (TPSA) is 86.5 Å². The number of nitrogens with zero attached hydrogens (tertiary/aromatic N) is 3. The van der Waals surface area contributed by atoms with Crippen LogP contribution in [0.25, 0.3) is 11.1 Å². The molecule has 0 saturated heterocycles. The lowest BCUT2D eigenvalue weighted by Crippen LogP contribution is -2.32. The van der Waals surface area contributed by atoms with Gasteiger partial charge in [-0.1, -0.05) is 68.0 Å². The summed E-state index contributed by atoms with van der Waals surface area (Å²) >= 11 is 0. The zero-order valence-electron chi connectivity index (χ0n) is 19.5. The Kier molecular flexibility index (Phi) is 8.14. The number of aromatic nitrogens is 3. The predicted molar refractivity (Wildman–Crippen MR) is 127 cm³/mol. The summed E-state index contributed by atoms with van der Waals surface area (Å²) in [5, 5.41) is 14.8. The zero-order valence-corrected chi connectivity index (χ0v) is 19.5. The van der Waals surface area contributed by atoms with Gasteiger partial charge in [-0.3, -0.25) is 0 Å². The number of hydrogen-bond acceptors (Lipinski definition) is 5. The molecule has 7 nitrogen and oxygen atoms in total.